The maximum atomic E-state index is 13.7. The van der Waals surface area contributed by atoms with Crippen molar-refractivity contribution in [2.24, 2.45) is 23.7 Å². The molecule has 60 heavy (non-hydrogen) atoms. The summed E-state index contributed by atoms with van der Waals surface area (Å²) in [6, 6.07) is -0.757. The first-order chi connectivity index (χ1) is 28.2. The first-order valence-electron chi connectivity index (χ1n) is 20.8. The molecule has 340 valence electrons. The lowest BCUT2D eigenvalue weighted by Gasteiger charge is -2.46. The van der Waals surface area contributed by atoms with Crippen molar-refractivity contribution in [3.63, 3.8) is 0 Å². The topological polar surface area (TPSA) is 206 Å². The molecule has 0 radical (unpaired) electrons. The first-order valence-corrected chi connectivity index (χ1v) is 20.8. The van der Waals surface area contributed by atoms with Crippen molar-refractivity contribution in [3.8, 4) is 0 Å². The number of hydrogen-bond acceptors (Lipinski definition) is 16. The molecule has 0 spiro atoms. The standard InChI is InChI=1S/C44H69NO15/c1-13-34-31(22-55-44-42(54-12)41(53-11)40(28(7)57-44)58-29(8)47)19-23(2)17-18-32(48)24(3)20-30(16-14-15-25(4)46)39(26(5)33(49)21-35(50)59-34)60-43-38(52)36(45(9)10)37(51)27(6)56-43/h14-15,17-19,21,24,26-28,30-31,34,36-44,49,51-52H,13,16,20,22H2,1-12H3/b15-14+,18-17+,23-19+,33-21-/t24-,26+,27+,28-,30+,31-,34-,36-,37+,38+,39-,40-,41-,42-,43-,44-/m1/s1. The average molecular weight is 852 g/mol. The maximum absolute atomic E-state index is 13.7. The first kappa shape index (κ1) is 51.0. The summed E-state index contributed by atoms with van der Waals surface area (Å²) in [6.45, 7) is 13.1. The molecule has 2 saturated heterocycles. The summed E-state index contributed by atoms with van der Waals surface area (Å²) < 4.78 is 47.9. The Hall–Kier alpha value is -3.32. The summed E-state index contributed by atoms with van der Waals surface area (Å²) in [5.41, 5.74) is 0.681. The number of methoxy groups -OCH3 is 2. The van der Waals surface area contributed by atoms with Crippen LogP contribution < -0.4 is 0 Å². The lowest BCUT2D eigenvalue weighted by atomic mass is 9.81. The van der Waals surface area contributed by atoms with Gasteiger partial charge in [0.1, 0.15) is 30.2 Å². The van der Waals surface area contributed by atoms with Gasteiger partial charge in [-0.25, -0.2) is 4.79 Å². The summed E-state index contributed by atoms with van der Waals surface area (Å²) in [4.78, 5) is 52.9. The van der Waals surface area contributed by atoms with Crippen LogP contribution in [0.4, 0.5) is 0 Å². The zero-order chi connectivity index (χ0) is 45.0. The van der Waals surface area contributed by atoms with Crippen LogP contribution in [0, 0.1) is 23.7 Å². The fraction of sp³-hybridized carbons (Fsp3) is 0.727. The van der Waals surface area contributed by atoms with Gasteiger partial charge in [-0.15, -0.1) is 0 Å². The lowest BCUT2D eigenvalue weighted by Crippen LogP contribution is -2.63. The van der Waals surface area contributed by atoms with Crippen molar-refractivity contribution in [1.29, 1.82) is 0 Å². The van der Waals surface area contributed by atoms with E-state index in [9.17, 15) is 34.5 Å². The van der Waals surface area contributed by atoms with Crippen molar-refractivity contribution < 1.29 is 72.4 Å². The molecule has 3 aliphatic heterocycles. The van der Waals surface area contributed by atoms with Crippen molar-refractivity contribution in [1.82, 2.24) is 4.90 Å². The highest BCUT2D eigenvalue weighted by molar-refractivity contribution is 5.91. The Labute approximate surface area is 354 Å². The smallest absolute Gasteiger partial charge is 0.334 e. The number of nitrogens with zero attached hydrogens (tertiary/aromatic N) is 1. The molecule has 3 rings (SSSR count). The third kappa shape index (κ3) is 13.8. The van der Waals surface area contributed by atoms with E-state index in [1.54, 1.807) is 58.8 Å². The molecule has 0 aromatic heterocycles. The number of allylic oxidation sites excluding steroid dienone is 5. The number of aliphatic hydroxyl groups excluding tert-OH is 3. The van der Waals surface area contributed by atoms with Crippen LogP contribution in [-0.4, -0.2) is 152 Å². The Bertz CT molecular complexity index is 1560. The van der Waals surface area contributed by atoms with Crippen molar-refractivity contribution >= 4 is 23.5 Å². The number of rotatable bonds is 13. The van der Waals surface area contributed by atoms with Gasteiger partial charge in [-0.2, -0.15) is 0 Å². The number of likely N-dealkylation sites (N-methyl/N-ethyl adjacent to an activating group) is 1. The zero-order valence-electron chi connectivity index (χ0n) is 37.2. The quantitative estimate of drug-likeness (QED) is 0.178. The van der Waals surface area contributed by atoms with Crippen LogP contribution in [0.5, 0.6) is 0 Å². The van der Waals surface area contributed by atoms with Crippen molar-refractivity contribution in [2.45, 2.75) is 148 Å². The third-order valence-electron chi connectivity index (χ3n) is 11.5. The molecule has 0 aromatic carbocycles. The van der Waals surface area contributed by atoms with E-state index in [1.165, 1.54) is 40.2 Å². The second-order valence-corrected chi connectivity index (χ2v) is 16.5. The molecule has 16 heteroatoms. The number of carbonyl (C=O) groups is 4. The van der Waals surface area contributed by atoms with Gasteiger partial charge in [-0.1, -0.05) is 44.6 Å². The zero-order valence-corrected chi connectivity index (χ0v) is 37.2. The predicted molar refractivity (Wildman–Crippen MR) is 219 cm³/mol. The lowest BCUT2D eigenvalue weighted by molar-refractivity contribution is -0.306. The van der Waals surface area contributed by atoms with Crippen molar-refractivity contribution in [3.05, 3.63) is 47.8 Å². The minimum atomic E-state index is -1.32. The molecular formula is C44H69NO15. The van der Waals surface area contributed by atoms with Gasteiger partial charge in [0.05, 0.1) is 43.1 Å². The molecule has 0 aliphatic carbocycles. The number of hydrogen-bond donors (Lipinski definition) is 3. The Kier molecular flexibility index (Phi) is 20.2. The monoisotopic (exact) mass is 851 g/mol. The maximum Gasteiger partial charge on any atom is 0.334 e. The molecule has 3 aliphatic rings. The summed E-state index contributed by atoms with van der Waals surface area (Å²) in [6.07, 6.45) is -0.0935. The van der Waals surface area contributed by atoms with Crippen LogP contribution in [0.2, 0.25) is 0 Å². The molecule has 16 atom stereocenters. The molecule has 16 nitrogen and oxygen atoms in total. The molecule has 0 amide bonds. The average Bonchev–Trinajstić information content (AvgIpc) is 3.17. The molecule has 3 heterocycles. The molecule has 0 aromatic rings. The second-order valence-electron chi connectivity index (χ2n) is 16.5. The highest BCUT2D eigenvalue weighted by Crippen LogP contribution is 2.35. The number of cyclic esters (lactones) is 1. The van der Waals surface area contributed by atoms with Crippen LogP contribution in [-0.2, 0) is 57.1 Å². The molecule has 0 saturated carbocycles. The van der Waals surface area contributed by atoms with E-state index in [1.807, 2.05) is 19.9 Å². The number of aliphatic hydroxyl groups is 3. The van der Waals surface area contributed by atoms with Crippen LogP contribution >= 0.6 is 0 Å². The van der Waals surface area contributed by atoms with Gasteiger partial charge in [-0.3, -0.25) is 14.4 Å². The number of ether oxygens (including phenoxy) is 8. The summed E-state index contributed by atoms with van der Waals surface area (Å²) in [5.74, 6) is -4.70. The fourth-order valence-corrected chi connectivity index (χ4v) is 8.17. The van der Waals surface area contributed by atoms with Crippen LogP contribution in [0.3, 0.4) is 0 Å². The largest absolute Gasteiger partial charge is 0.512 e. The summed E-state index contributed by atoms with van der Waals surface area (Å²) >= 11 is 0. The van der Waals surface area contributed by atoms with Gasteiger partial charge in [0, 0.05) is 38.9 Å². The van der Waals surface area contributed by atoms with E-state index in [0.717, 1.165) is 6.08 Å². The van der Waals surface area contributed by atoms with E-state index in [4.69, 9.17) is 37.9 Å². The molecule has 0 bridgehead atoms. The van der Waals surface area contributed by atoms with Crippen molar-refractivity contribution in [2.75, 3.05) is 34.9 Å². The number of carbonyl (C=O) groups excluding carboxylic acids is 4. The Morgan fingerprint density at radius 3 is 2.15 bits per heavy atom. The molecule has 0 unspecified atom stereocenters. The summed E-state index contributed by atoms with van der Waals surface area (Å²) in [5, 5.41) is 33.9. The van der Waals surface area contributed by atoms with Gasteiger partial charge < -0.3 is 58.1 Å². The molecule has 3 N–H and O–H groups in total. The highest BCUT2D eigenvalue weighted by atomic mass is 16.7. The van der Waals surface area contributed by atoms with E-state index in [-0.39, 0.29) is 36.8 Å². The van der Waals surface area contributed by atoms with Crippen LogP contribution in [0.25, 0.3) is 0 Å². The van der Waals surface area contributed by atoms with Crippen LogP contribution in [0.15, 0.2) is 47.8 Å². The van der Waals surface area contributed by atoms with E-state index < -0.39 is 109 Å². The Morgan fingerprint density at radius 1 is 0.917 bits per heavy atom. The molecular weight excluding hydrogens is 782 g/mol. The normalized spacial score (nSPS) is 40.0. The number of esters is 2. The van der Waals surface area contributed by atoms with Crippen LogP contribution in [0.1, 0.15) is 74.7 Å². The minimum absolute atomic E-state index is 0.0323. The van der Waals surface area contributed by atoms with E-state index >= 15 is 0 Å². The van der Waals surface area contributed by atoms with Gasteiger partial charge in [0.15, 0.2) is 30.3 Å². The fourth-order valence-electron chi connectivity index (χ4n) is 8.17. The van der Waals surface area contributed by atoms with Gasteiger partial charge >= 0.3 is 11.9 Å². The molecule has 2 fully saturated rings. The summed E-state index contributed by atoms with van der Waals surface area (Å²) in [7, 11) is 6.37. The van der Waals surface area contributed by atoms with Gasteiger partial charge in [0.2, 0.25) is 0 Å². The Morgan fingerprint density at radius 2 is 1.57 bits per heavy atom. The second kappa shape index (κ2) is 23.8. The Balaban J connectivity index is 2.05. The van der Waals surface area contributed by atoms with Gasteiger partial charge in [-0.05, 0) is 79.1 Å². The number of ketones is 2. The van der Waals surface area contributed by atoms with E-state index in [0.29, 0.717) is 12.0 Å². The highest BCUT2D eigenvalue weighted by Gasteiger charge is 2.49. The van der Waals surface area contributed by atoms with E-state index in [2.05, 4.69) is 0 Å². The SMILES string of the molecule is CC[C@H]1OC(=O)/C=C(\O)[C@H](C)[C@@H](O[C@H]2O[C@@H](C)[C@H](O)[C@@H](N(C)C)[C@@H]2O)[C@@H](C/C=C/C(C)=O)C[C@@H](C)C(=O)/C=C/C(C)=C/[C@@H]1CO[C@@H]1O[C@H](C)[C@@H](OC(C)=O)[C@@H](OC)[C@H]1OC. The third-order valence-corrected chi connectivity index (χ3v) is 11.5. The predicted octanol–water partition coefficient (Wildman–Crippen LogP) is 3.77. The minimum Gasteiger partial charge on any atom is -0.512 e. The van der Waals surface area contributed by atoms with Gasteiger partial charge in [0.25, 0.3) is 0 Å².